The maximum atomic E-state index is 12.1. The molecule has 0 aliphatic rings. The van der Waals surface area contributed by atoms with Crippen LogP contribution >= 0.6 is 11.6 Å². The van der Waals surface area contributed by atoms with Crippen LogP contribution in [0.25, 0.3) is 0 Å². The number of hydrogen-bond acceptors (Lipinski definition) is 5. The largest absolute Gasteiger partial charge is 0.459 e. The lowest BCUT2D eigenvalue weighted by molar-refractivity contribution is -0.119. The molecule has 3 rings (SSSR count). The van der Waals surface area contributed by atoms with Gasteiger partial charge >= 0.3 is 5.97 Å². The van der Waals surface area contributed by atoms with Gasteiger partial charge in [0.1, 0.15) is 0 Å². The molecule has 0 unspecified atom stereocenters. The average molecular weight is 413 g/mol. The number of carbonyl (C=O) groups is 3. The molecule has 0 bridgehead atoms. The first-order chi connectivity index (χ1) is 13.9. The van der Waals surface area contributed by atoms with Crippen molar-refractivity contribution < 1.29 is 23.5 Å². The number of aryl methyl sites for hydroxylation is 1. The van der Waals surface area contributed by atoms with Crippen molar-refractivity contribution in [2.24, 2.45) is 0 Å². The van der Waals surface area contributed by atoms with Crippen LogP contribution in [-0.2, 0) is 9.53 Å². The Morgan fingerprint density at radius 1 is 1.03 bits per heavy atom. The number of ether oxygens (including phenoxy) is 1. The predicted molar refractivity (Wildman–Crippen MR) is 108 cm³/mol. The third-order valence-corrected chi connectivity index (χ3v) is 4.17. The number of esters is 1. The molecule has 148 valence electrons. The quantitative estimate of drug-likeness (QED) is 0.588. The number of anilines is 2. The minimum atomic E-state index is -0.668. The molecule has 3 aromatic rings. The van der Waals surface area contributed by atoms with Crippen molar-refractivity contribution in [3.63, 3.8) is 0 Å². The van der Waals surface area contributed by atoms with Crippen LogP contribution in [0.2, 0.25) is 5.02 Å². The number of benzene rings is 2. The van der Waals surface area contributed by atoms with E-state index in [0.29, 0.717) is 16.4 Å². The molecule has 0 saturated heterocycles. The van der Waals surface area contributed by atoms with E-state index in [9.17, 15) is 14.4 Å². The Hall–Kier alpha value is -3.58. The van der Waals surface area contributed by atoms with E-state index in [2.05, 4.69) is 10.6 Å². The summed E-state index contributed by atoms with van der Waals surface area (Å²) in [6, 6.07) is 14.4. The highest BCUT2D eigenvalue weighted by Gasteiger charge is 2.13. The predicted octanol–water partition coefficient (Wildman–Crippen LogP) is 4.29. The SMILES string of the molecule is Cc1ccc(NC(=O)COC(=O)c2ccc(NC(=O)c3ccco3)cc2)c(Cl)c1. The summed E-state index contributed by atoms with van der Waals surface area (Å²) >= 11 is 6.06. The molecule has 0 radical (unpaired) electrons. The molecule has 0 aliphatic heterocycles. The minimum absolute atomic E-state index is 0.174. The van der Waals surface area contributed by atoms with Crippen LogP contribution in [0.5, 0.6) is 0 Å². The van der Waals surface area contributed by atoms with E-state index in [1.165, 1.54) is 24.5 Å². The molecule has 0 spiro atoms. The van der Waals surface area contributed by atoms with Gasteiger partial charge < -0.3 is 19.8 Å². The zero-order chi connectivity index (χ0) is 20.8. The lowest BCUT2D eigenvalue weighted by Crippen LogP contribution is -2.21. The number of rotatable bonds is 6. The molecule has 2 amide bonds. The van der Waals surface area contributed by atoms with E-state index in [1.54, 1.807) is 36.4 Å². The molecule has 8 heteroatoms. The number of furan rings is 1. The van der Waals surface area contributed by atoms with Crippen molar-refractivity contribution in [1.29, 1.82) is 0 Å². The fourth-order valence-corrected chi connectivity index (χ4v) is 2.69. The van der Waals surface area contributed by atoms with Crippen molar-refractivity contribution in [3.05, 3.63) is 82.8 Å². The Morgan fingerprint density at radius 3 is 2.45 bits per heavy atom. The zero-order valence-corrected chi connectivity index (χ0v) is 16.2. The van der Waals surface area contributed by atoms with Gasteiger partial charge in [-0.1, -0.05) is 17.7 Å². The number of carbonyl (C=O) groups excluding carboxylic acids is 3. The third-order valence-electron chi connectivity index (χ3n) is 3.86. The van der Waals surface area contributed by atoms with Crippen molar-refractivity contribution in [2.45, 2.75) is 6.92 Å². The first-order valence-corrected chi connectivity index (χ1v) is 8.98. The molecule has 0 fully saturated rings. The zero-order valence-electron chi connectivity index (χ0n) is 15.4. The van der Waals surface area contributed by atoms with Crippen LogP contribution in [0.1, 0.15) is 26.5 Å². The van der Waals surface area contributed by atoms with E-state index < -0.39 is 24.4 Å². The van der Waals surface area contributed by atoms with Crippen LogP contribution < -0.4 is 10.6 Å². The van der Waals surface area contributed by atoms with Gasteiger partial charge in [0.25, 0.3) is 11.8 Å². The van der Waals surface area contributed by atoms with Gasteiger partial charge in [-0.15, -0.1) is 0 Å². The molecule has 0 saturated carbocycles. The lowest BCUT2D eigenvalue weighted by Gasteiger charge is -2.09. The third kappa shape index (κ3) is 5.46. The Labute approximate surface area is 171 Å². The van der Waals surface area contributed by atoms with Gasteiger partial charge in [0, 0.05) is 5.69 Å². The highest BCUT2D eigenvalue weighted by atomic mass is 35.5. The summed E-state index contributed by atoms with van der Waals surface area (Å²) in [7, 11) is 0. The van der Waals surface area contributed by atoms with E-state index in [0.717, 1.165) is 5.56 Å². The molecule has 1 heterocycles. The summed E-state index contributed by atoms with van der Waals surface area (Å²) in [5, 5.41) is 5.62. The summed E-state index contributed by atoms with van der Waals surface area (Å²) in [6.45, 7) is 1.42. The summed E-state index contributed by atoms with van der Waals surface area (Å²) in [4.78, 5) is 36.0. The second-order valence-corrected chi connectivity index (χ2v) is 6.52. The molecule has 2 aromatic carbocycles. The Morgan fingerprint density at radius 2 is 1.79 bits per heavy atom. The van der Waals surface area contributed by atoms with Crippen LogP contribution in [0, 0.1) is 6.92 Å². The molecule has 0 atom stereocenters. The molecule has 7 nitrogen and oxygen atoms in total. The monoisotopic (exact) mass is 412 g/mol. The second-order valence-electron chi connectivity index (χ2n) is 6.12. The van der Waals surface area contributed by atoms with Gasteiger partial charge in [-0.3, -0.25) is 9.59 Å². The molecule has 1 aromatic heterocycles. The van der Waals surface area contributed by atoms with Crippen LogP contribution in [0.4, 0.5) is 11.4 Å². The van der Waals surface area contributed by atoms with Gasteiger partial charge in [-0.2, -0.15) is 0 Å². The van der Waals surface area contributed by atoms with Crippen LogP contribution in [-0.4, -0.2) is 24.4 Å². The minimum Gasteiger partial charge on any atom is -0.459 e. The van der Waals surface area contributed by atoms with Crippen LogP contribution in [0.15, 0.2) is 65.3 Å². The smallest absolute Gasteiger partial charge is 0.338 e. The van der Waals surface area contributed by atoms with Crippen molar-refractivity contribution >= 4 is 40.8 Å². The summed E-state index contributed by atoms with van der Waals surface area (Å²) < 4.78 is 10.0. The van der Waals surface area contributed by atoms with E-state index in [4.69, 9.17) is 20.8 Å². The van der Waals surface area contributed by atoms with Crippen molar-refractivity contribution in [3.8, 4) is 0 Å². The van der Waals surface area contributed by atoms with E-state index in [-0.39, 0.29) is 11.3 Å². The topological polar surface area (TPSA) is 97.6 Å². The maximum Gasteiger partial charge on any atom is 0.338 e. The second kappa shape index (κ2) is 9.07. The van der Waals surface area contributed by atoms with E-state index in [1.807, 2.05) is 6.92 Å². The Balaban J connectivity index is 1.51. The summed E-state index contributed by atoms with van der Waals surface area (Å²) in [6.07, 6.45) is 1.40. The number of nitrogens with one attached hydrogen (secondary N) is 2. The van der Waals surface area contributed by atoms with E-state index >= 15 is 0 Å². The van der Waals surface area contributed by atoms with Gasteiger partial charge in [0.15, 0.2) is 12.4 Å². The Bertz CT molecular complexity index is 1030. The molecule has 29 heavy (non-hydrogen) atoms. The fraction of sp³-hybridized carbons (Fsp3) is 0.0952. The summed E-state index contributed by atoms with van der Waals surface area (Å²) in [5.74, 6) is -1.41. The first kappa shape index (κ1) is 20.2. The average Bonchev–Trinajstić information content (AvgIpc) is 3.24. The van der Waals surface area contributed by atoms with Gasteiger partial charge in [-0.25, -0.2) is 4.79 Å². The van der Waals surface area contributed by atoms with Gasteiger partial charge in [-0.05, 0) is 61.0 Å². The first-order valence-electron chi connectivity index (χ1n) is 8.60. The summed E-state index contributed by atoms with van der Waals surface area (Å²) in [5.41, 5.74) is 2.12. The number of amides is 2. The molecule has 0 aliphatic carbocycles. The number of hydrogen-bond donors (Lipinski definition) is 2. The van der Waals surface area contributed by atoms with Gasteiger partial charge in [0.2, 0.25) is 0 Å². The normalized spacial score (nSPS) is 10.3. The maximum absolute atomic E-state index is 12.1. The molecular weight excluding hydrogens is 396 g/mol. The van der Waals surface area contributed by atoms with Crippen LogP contribution in [0.3, 0.4) is 0 Å². The van der Waals surface area contributed by atoms with Gasteiger partial charge in [0.05, 0.1) is 22.5 Å². The standard InChI is InChI=1S/C21H17ClN2O5/c1-13-4-9-17(16(22)11-13)24-19(25)12-29-21(27)14-5-7-15(8-6-14)23-20(26)18-3-2-10-28-18/h2-11H,12H2,1H3,(H,23,26)(H,24,25). The number of halogens is 1. The van der Waals surface area contributed by atoms with Crippen molar-refractivity contribution in [1.82, 2.24) is 0 Å². The highest BCUT2D eigenvalue weighted by Crippen LogP contribution is 2.22. The Kier molecular flexibility index (Phi) is 6.31. The molecule has 2 N–H and O–H groups in total. The highest BCUT2D eigenvalue weighted by molar-refractivity contribution is 6.33. The fourth-order valence-electron chi connectivity index (χ4n) is 2.41. The lowest BCUT2D eigenvalue weighted by atomic mass is 10.2. The molecular formula is C21H17ClN2O5. The van der Waals surface area contributed by atoms with Crippen molar-refractivity contribution in [2.75, 3.05) is 17.2 Å².